The van der Waals surface area contributed by atoms with Crippen LogP contribution in [0.25, 0.3) is 10.2 Å². The number of aryl methyl sites for hydroxylation is 2. The van der Waals surface area contributed by atoms with Crippen molar-refractivity contribution in [3.8, 4) is 0 Å². The summed E-state index contributed by atoms with van der Waals surface area (Å²) in [4.78, 5) is 15.5. The van der Waals surface area contributed by atoms with Gasteiger partial charge >= 0.3 is 0 Å². The summed E-state index contributed by atoms with van der Waals surface area (Å²) in [6.45, 7) is 8.53. The van der Waals surface area contributed by atoms with Gasteiger partial charge in [-0.05, 0) is 51.0 Å². The van der Waals surface area contributed by atoms with Gasteiger partial charge in [-0.25, -0.2) is 9.97 Å². The van der Waals surface area contributed by atoms with Gasteiger partial charge in [-0.1, -0.05) is 13.8 Å². The molecule has 1 atom stereocenters. The highest BCUT2D eigenvalue weighted by Gasteiger charge is 2.35. The van der Waals surface area contributed by atoms with Gasteiger partial charge in [0.15, 0.2) is 5.82 Å². The Morgan fingerprint density at radius 1 is 1.03 bits per heavy atom. The lowest BCUT2D eigenvalue weighted by molar-refractivity contribution is 0.477. The van der Waals surface area contributed by atoms with E-state index in [1.54, 1.807) is 4.88 Å². The molecule has 1 saturated carbocycles. The largest absolute Gasteiger partial charge is 0.344 e. The maximum absolute atomic E-state index is 5.20. The van der Waals surface area contributed by atoms with Crippen molar-refractivity contribution < 1.29 is 0 Å². The van der Waals surface area contributed by atoms with E-state index < -0.39 is 0 Å². The molecule has 0 spiro atoms. The minimum absolute atomic E-state index is 0.174. The third-order valence-corrected chi connectivity index (χ3v) is 7.94. The van der Waals surface area contributed by atoms with Crippen molar-refractivity contribution >= 4 is 27.4 Å². The molecule has 3 aromatic rings. The first-order valence-corrected chi connectivity index (χ1v) is 11.9. The minimum Gasteiger partial charge on any atom is -0.344 e. The third kappa shape index (κ3) is 2.73. The topological polar surface area (TPSA) is 59.7 Å². The summed E-state index contributed by atoms with van der Waals surface area (Å²) in [6, 6.07) is 0.174. The molecule has 7 heteroatoms. The Bertz CT molecular complexity index is 1090. The van der Waals surface area contributed by atoms with Gasteiger partial charge in [-0.15, -0.1) is 21.5 Å². The number of hydrogen-bond acceptors (Lipinski definition) is 6. The summed E-state index contributed by atoms with van der Waals surface area (Å²) in [5.74, 6) is 5.35. The van der Waals surface area contributed by atoms with Crippen LogP contribution in [0.3, 0.4) is 0 Å². The van der Waals surface area contributed by atoms with Crippen LogP contribution < -0.4 is 4.90 Å². The molecule has 4 heterocycles. The maximum atomic E-state index is 5.20. The number of fused-ring (bicyclic) bond motifs is 4. The first-order chi connectivity index (χ1) is 14.1. The fraction of sp³-hybridized carbons (Fsp3) is 0.636. The van der Waals surface area contributed by atoms with Crippen molar-refractivity contribution in [1.29, 1.82) is 0 Å². The monoisotopic (exact) mass is 408 g/mol. The summed E-state index contributed by atoms with van der Waals surface area (Å²) in [7, 11) is 0. The normalized spacial score (nSPS) is 21.7. The molecular formula is C22H28N6S. The molecule has 0 aromatic carbocycles. The van der Waals surface area contributed by atoms with Gasteiger partial charge in [0, 0.05) is 29.8 Å². The van der Waals surface area contributed by atoms with E-state index in [1.165, 1.54) is 54.3 Å². The Labute approximate surface area is 175 Å². The van der Waals surface area contributed by atoms with E-state index >= 15 is 0 Å². The van der Waals surface area contributed by atoms with Gasteiger partial charge in [0.25, 0.3) is 0 Å². The molecule has 29 heavy (non-hydrogen) atoms. The number of aromatic nitrogens is 5. The van der Waals surface area contributed by atoms with E-state index in [-0.39, 0.29) is 6.04 Å². The molecule has 152 valence electrons. The molecule has 6 nitrogen and oxygen atoms in total. The second-order valence-corrected chi connectivity index (χ2v) is 10.2. The lowest BCUT2D eigenvalue weighted by atomic mass is 9.96. The van der Waals surface area contributed by atoms with Gasteiger partial charge < -0.3 is 9.47 Å². The first-order valence-electron chi connectivity index (χ1n) is 11.1. The second kappa shape index (κ2) is 6.49. The molecule has 3 aliphatic rings. The van der Waals surface area contributed by atoms with Crippen LogP contribution >= 0.6 is 11.3 Å². The van der Waals surface area contributed by atoms with E-state index in [0.717, 1.165) is 36.4 Å². The Morgan fingerprint density at radius 2 is 1.86 bits per heavy atom. The molecule has 2 aliphatic carbocycles. The van der Waals surface area contributed by atoms with Crippen molar-refractivity contribution in [2.24, 2.45) is 0 Å². The van der Waals surface area contributed by atoms with Crippen LogP contribution in [0.1, 0.15) is 92.2 Å². The van der Waals surface area contributed by atoms with E-state index in [2.05, 4.69) is 40.4 Å². The molecule has 1 aliphatic heterocycles. The Hall–Kier alpha value is -2.02. The lowest BCUT2D eigenvalue weighted by Gasteiger charge is -2.35. The predicted octanol–water partition coefficient (Wildman–Crippen LogP) is 4.74. The lowest BCUT2D eigenvalue weighted by Crippen LogP contribution is -2.38. The number of nitrogens with zero attached hydrogens (tertiary/aromatic N) is 6. The second-order valence-electron chi connectivity index (χ2n) is 9.16. The zero-order valence-electron chi connectivity index (χ0n) is 17.5. The fourth-order valence-electron chi connectivity index (χ4n) is 5.01. The summed E-state index contributed by atoms with van der Waals surface area (Å²) < 4.78 is 2.33. The molecule has 0 bridgehead atoms. The van der Waals surface area contributed by atoms with Crippen molar-refractivity contribution in [3.63, 3.8) is 0 Å². The fourth-order valence-corrected chi connectivity index (χ4v) is 6.27. The van der Waals surface area contributed by atoms with Crippen LogP contribution in [0.4, 0.5) is 5.82 Å². The molecule has 0 saturated heterocycles. The van der Waals surface area contributed by atoms with Crippen molar-refractivity contribution in [1.82, 2.24) is 24.7 Å². The van der Waals surface area contributed by atoms with Gasteiger partial charge in [-0.2, -0.15) is 0 Å². The third-order valence-electron chi connectivity index (χ3n) is 6.76. The molecule has 1 unspecified atom stereocenters. The Kier molecular flexibility index (Phi) is 3.98. The summed E-state index contributed by atoms with van der Waals surface area (Å²) in [5.41, 5.74) is 1.52. The molecule has 3 aromatic heterocycles. The molecule has 1 fully saturated rings. The molecule has 0 N–H and O–H groups in total. The SMILES string of the molecule is CC(C)c1nnc2n1CCN(c1nc(C3CC3)nc3sc4c(c13)CCCC4)C2C. The van der Waals surface area contributed by atoms with Crippen LogP contribution in [0.5, 0.6) is 0 Å². The van der Waals surface area contributed by atoms with Crippen LogP contribution in [-0.2, 0) is 19.4 Å². The van der Waals surface area contributed by atoms with Gasteiger partial charge in [-0.3, -0.25) is 0 Å². The number of thiophene rings is 1. The van der Waals surface area contributed by atoms with Crippen molar-refractivity contribution in [2.75, 3.05) is 11.4 Å². The average Bonchev–Trinajstić information content (AvgIpc) is 3.36. The zero-order valence-corrected chi connectivity index (χ0v) is 18.3. The predicted molar refractivity (Wildman–Crippen MR) is 116 cm³/mol. The standard InChI is InChI=1S/C22H28N6S/c1-12(2)19-25-26-20-13(3)27(10-11-28(19)20)21-17-15-6-4-5-7-16(15)29-22(17)24-18(23-21)14-8-9-14/h12-14H,4-11H2,1-3H3. The summed E-state index contributed by atoms with van der Waals surface area (Å²) in [5, 5.41) is 10.4. The van der Waals surface area contributed by atoms with Gasteiger partial charge in [0.2, 0.25) is 0 Å². The van der Waals surface area contributed by atoms with Crippen LogP contribution in [0.2, 0.25) is 0 Å². The van der Waals surface area contributed by atoms with E-state index in [1.807, 2.05) is 11.3 Å². The van der Waals surface area contributed by atoms with E-state index in [0.29, 0.717) is 11.8 Å². The summed E-state index contributed by atoms with van der Waals surface area (Å²) >= 11 is 1.92. The van der Waals surface area contributed by atoms with Gasteiger partial charge in [0.1, 0.15) is 22.3 Å². The highest BCUT2D eigenvalue weighted by Crippen LogP contribution is 2.45. The number of rotatable bonds is 3. The smallest absolute Gasteiger partial charge is 0.155 e. The quantitative estimate of drug-likeness (QED) is 0.626. The highest BCUT2D eigenvalue weighted by atomic mass is 32.1. The zero-order chi connectivity index (χ0) is 19.7. The van der Waals surface area contributed by atoms with Crippen LogP contribution in [0.15, 0.2) is 0 Å². The van der Waals surface area contributed by atoms with Crippen LogP contribution in [0, 0.1) is 0 Å². The molecule has 6 rings (SSSR count). The average molecular weight is 409 g/mol. The number of hydrogen-bond donors (Lipinski definition) is 0. The highest BCUT2D eigenvalue weighted by molar-refractivity contribution is 7.19. The minimum atomic E-state index is 0.174. The maximum Gasteiger partial charge on any atom is 0.155 e. The van der Waals surface area contributed by atoms with E-state index in [9.17, 15) is 0 Å². The Morgan fingerprint density at radius 3 is 2.66 bits per heavy atom. The number of anilines is 1. The Balaban J connectivity index is 1.50. The van der Waals surface area contributed by atoms with E-state index in [4.69, 9.17) is 9.97 Å². The van der Waals surface area contributed by atoms with Gasteiger partial charge in [0.05, 0.1) is 11.4 Å². The molecule has 0 amide bonds. The van der Waals surface area contributed by atoms with Crippen molar-refractivity contribution in [2.45, 2.75) is 83.7 Å². The summed E-state index contributed by atoms with van der Waals surface area (Å²) in [6.07, 6.45) is 7.43. The first kappa shape index (κ1) is 17.8. The molecule has 0 radical (unpaired) electrons. The van der Waals surface area contributed by atoms with Crippen molar-refractivity contribution in [3.05, 3.63) is 27.9 Å². The van der Waals surface area contributed by atoms with Crippen LogP contribution in [-0.4, -0.2) is 31.3 Å². The molecular weight excluding hydrogens is 380 g/mol.